The lowest BCUT2D eigenvalue weighted by Gasteiger charge is -2.34. The van der Waals surface area contributed by atoms with Gasteiger partial charge in [-0.2, -0.15) is 0 Å². The normalized spacial score (nSPS) is 15.8. The van der Waals surface area contributed by atoms with Crippen LogP contribution in [-0.2, 0) is 13.0 Å². The average Bonchev–Trinajstić information content (AvgIpc) is 3.10. The first kappa shape index (κ1) is 19.7. The van der Waals surface area contributed by atoms with Gasteiger partial charge in [0.05, 0.1) is 0 Å². The summed E-state index contributed by atoms with van der Waals surface area (Å²) >= 11 is 0. The highest BCUT2D eigenvalue weighted by atomic mass is 16.3. The van der Waals surface area contributed by atoms with E-state index < -0.39 is 0 Å². The van der Waals surface area contributed by atoms with Crippen LogP contribution in [0.5, 0.6) is 5.75 Å². The fourth-order valence-electron chi connectivity index (χ4n) is 4.23. The molecule has 29 heavy (non-hydrogen) atoms. The number of piperazine rings is 1. The molecule has 1 fully saturated rings. The third kappa shape index (κ3) is 4.24. The van der Waals surface area contributed by atoms with Crippen LogP contribution < -0.4 is 0 Å². The summed E-state index contributed by atoms with van der Waals surface area (Å²) in [6.07, 6.45) is 2.71. The molecule has 1 aliphatic rings. The lowest BCUT2D eigenvalue weighted by atomic mass is 9.95. The van der Waals surface area contributed by atoms with Crippen molar-refractivity contribution in [2.45, 2.75) is 26.8 Å². The van der Waals surface area contributed by atoms with E-state index in [1.807, 2.05) is 31.2 Å². The van der Waals surface area contributed by atoms with Crippen LogP contribution in [0.2, 0.25) is 0 Å². The van der Waals surface area contributed by atoms with E-state index in [-0.39, 0.29) is 0 Å². The first-order valence-corrected chi connectivity index (χ1v) is 10.5. The lowest BCUT2D eigenvalue weighted by molar-refractivity contribution is 0.131. The minimum atomic E-state index is 0.385. The van der Waals surface area contributed by atoms with Gasteiger partial charge in [0.15, 0.2) is 0 Å². The molecule has 1 aromatic heterocycles. The number of hydrogen-bond acceptors (Lipinski definition) is 4. The van der Waals surface area contributed by atoms with Crippen molar-refractivity contribution in [3.8, 4) is 16.9 Å². The minimum absolute atomic E-state index is 0.385. The summed E-state index contributed by atoms with van der Waals surface area (Å²) < 4.78 is 5.71. The Morgan fingerprint density at radius 3 is 2.55 bits per heavy atom. The summed E-state index contributed by atoms with van der Waals surface area (Å²) in [6, 6.07) is 12.4. The SMILES string of the molecule is C=CCc1cc(CN2CCN(CC)CC2)c(O)c(-c2ccc3oc(C)cc3c2)c1. The molecule has 2 aromatic carbocycles. The molecule has 4 rings (SSSR count). The number of rotatable bonds is 6. The fraction of sp³-hybridized carbons (Fsp3) is 0.360. The standard InChI is InChI=1S/C25H30N2O2/c1-4-6-19-14-22(17-27-11-9-26(5-2)10-12-27)25(28)23(15-19)20-7-8-24-21(16-20)13-18(3)29-24/h4,7-8,13-16,28H,1,5-6,9-12,17H2,2-3H3. The smallest absolute Gasteiger partial charge is 0.134 e. The summed E-state index contributed by atoms with van der Waals surface area (Å²) in [6.45, 7) is 14.2. The number of furan rings is 1. The summed E-state index contributed by atoms with van der Waals surface area (Å²) in [7, 11) is 0. The van der Waals surface area contributed by atoms with Gasteiger partial charge in [-0.05, 0) is 55.3 Å². The van der Waals surface area contributed by atoms with Gasteiger partial charge in [-0.1, -0.05) is 25.1 Å². The van der Waals surface area contributed by atoms with E-state index >= 15 is 0 Å². The Labute approximate surface area is 173 Å². The van der Waals surface area contributed by atoms with Crippen LogP contribution in [-0.4, -0.2) is 47.6 Å². The van der Waals surface area contributed by atoms with Gasteiger partial charge in [0.25, 0.3) is 0 Å². The maximum Gasteiger partial charge on any atom is 0.134 e. The molecule has 1 aliphatic heterocycles. The number of benzene rings is 2. The van der Waals surface area contributed by atoms with Gasteiger partial charge in [-0.25, -0.2) is 0 Å². The zero-order valence-corrected chi connectivity index (χ0v) is 17.4. The van der Waals surface area contributed by atoms with Crippen molar-refractivity contribution in [2.75, 3.05) is 32.7 Å². The number of hydrogen-bond donors (Lipinski definition) is 1. The fourth-order valence-corrected chi connectivity index (χ4v) is 4.23. The van der Waals surface area contributed by atoms with Crippen LogP contribution in [0.3, 0.4) is 0 Å². The summed E-state index contributed by atoms with van der Waals surface area (Å²) in [5, 5.41) is 12.2. The molecule has 4 heteroatoms. The molecule has 152 valence electrons. The van der Waals surface area contributed by atoms with Crippen LogP contribution in [0, 0.1) is 6.92 Å². The largest absolute Gasteiger partial charge is 0.507 e. The van der Waals surface area contributed by atoms with Crippen LogP contribution in [0.4, 0.5) is 0 Å². The Kier molecular flexibility index (Phi) is 5.74. The molecule has 0 atom stereocenters. The molecular formula is C25H30N2O2. The average molecular weight is 391 g/mol. The van der Waals surface area contributed by atoms with E-state index in [0.29, 0.717) is 5.75 Å². The Morgan fingerprint density at radius 2 is 1.83 bits per heavy atom. The Bertz CT molecular complexity index is 1010. The van der Waals surface area contributed by atoms with E-state index in [2.05, 4.69) is 41.5 Å². The van der Waals surface area contributed by atoms with Crippen molar-refractivity contribution in [1.29, 1.82) is 0 Å². The molecule has 0 spiro atoms. The Morgan fingerprint density at radius 1 is 1.07 bits per heavy atom. The minimum Gasteiger partial charge on any atom is -0.507 e. The van der Waals surface area contributed by atoms with Crippen LogP contribution in [0.25, 0.3) is 22.1 Å². The van der Waals surface area contributed by atoms with Gasteiger partial charge in [0.1, 0.15) is 17.1 Å². The molecular weight excluding hydrogens is 360 g/mol. The highest BCUT2D eigenvalue weighted by Crippen LogP contribution is 2.36. The number of phenols is 1. The monoisotopic (exact) mass is 390 g/mol. The van der Waals surface area contributed by atoms with Gasteiger partial charge < -0.3 is 14.4 Å². The molecule has 0 aliphatic carbocycles. The van der Waals surface area contributed by atoms with Gasteiger partial charge in [0, 0.05) is 49.2 Å². The summed E-state index contributed by atoms with van der Waals surface area (Å²) in [5.74, 6) is 1.28. The molecule has 1 saturated heterocycles. The predicted molar refractivity (Wildman–Crippen MR) is 119 cm³/mol. The van der Waals surface area contributed by atoms with Crippen molar-refractivity contribution in [3.63, 3.8) is 0 Å². The molecule has 0 amide bonds. The predicted octanol–water partition coefficient (Wildman–Crippen LogP) is 4.98. The van der Waals surface area contributed by atoms with E-state index in [9.17, 15) is 5.11 Å². The van der Waals surface area contributed by atoms with E-state index in [1.54, 1.807) is 0 Å². The molecule has 0 bridgehead atoms. The van der Waals surface area contributed by atoms with Crippen molar-refractivity contribution < 1.29 is 9.52 Å². The summed E-state index contributed by atoms with van der Waals surface area (Å²) in [4.78, 5) is 4.91. The molecule has 0 unspecified atom stereocenters. The highest BCUT2D eigenvalue weighted by Gasteiger charge is 2.19. The molecule has 2 heterocycles. The first-order chi connectivity index (χ1) is 14.1. The van der Waals surface area contributed by atoms with Crippen molar-refractivity contribution in [1.82, 2.24) is 9.80 Å². The van der Waals surface area contributed by atoms with Crippen LogP contribution in [0.15, 0.2) is 53.5 Å². The lowest BCUT2D eigenvalue weighted by Crippen LogP contribution is -2.45. The number of likely N-dealkylation sites (N-methyl/N-ethyl adjacent to an activating group) is 1. The topological polar surface area (TPSA) is 39.9 Å². The number of aromatic hydroxyl groups is 1. The van der Waals surface area contributed by atoms with Gasteiger partial charge in [0.2, 0.25) is 0 Å². The number of allylic oxidation sites excluding steroid dienone is 1. The van der Waals surface area contributed by atoms with Crippen molar-refractivity contribution in [3.05, 3.63) is 65.9 Å². The van der Waals surface area contributed by atoms with Crippen molar-refractivity contribution >= 4 is 11.0 Å². The first-order valence-electron chi connectivity index (χ1n) is 10.5. The zero-order valence-electron chi connectivity index (χ0n) is 17.4. The number of nitrogens with zero attached hydrogens (tertiary/aromatic N) is 2. The third-order valence-corrected chi connectivity index (χ3v) is 5.89. The van der Waals surface area contributed by atoms with Crippen LogP contribution >= 0.6 is 0 Å². The highest BCUT2D eigenvalue weighted by molar-refractivity contribution is 5.86. The molecule has 0 radical (unpaired) electrons. The van der Waals surface area contributed by atoms with E-state index in [4.69, 9.17) is 4.42 Å². The van der Waals surface area contributed by atoms with E-state index in [1.165, 1.54) is 5.56 Å². The molecule has 4 nitrogen and oxygen atoms in total. The van der Waals surface area contributed by atoms with Crippen LogP contribution in [0.1, 0.15) is 23.8 Å². The van der Waals surface area contributed by atoms with Gasteiger partial charge in [-0.15, -0.1) is 6.58 Å². The maximum absolute atomic E-state index is 11.2. The third-order valence-electron chi connectivity index (χ3n) is 5.89. The Hall–Kier alpha value is -2.56. The molecule has 3 aromatic rings. The Balaban J connectivity index is 1.68. The van der Waals surface area contributed by atoms with Crippen molar-refractivity contribution in [2.24, 2.45) is 0 Å². The number of aryl methyl sites for hydroxylation is 1. The number of fused-ring (bicyclic) bond motifs is 1. The second-order valence-electron chi connectivity index (χ2n) is 7.96. The second-order valence-corrected chi connectivity index (χ2v) is 7.96. The summed E-state index contributed by atoms with van der Waals surface area (Å²) in [5.41, 5.74) is 4.94. The zero-order chi connectivity index (χ0) is 20.4. The van der Waals surface area contributed by atoms with E-state index in [0.717, 1.165) is 79.1 Å². The molecule has 1 N–H and O–H groups in total. The second kappa shape index (κ2) is 8.44. The van der Waals surface area contributed by atoms with Gasteiger partial charge >= 0.3 is 0 Å². The number of phenolic OH excluding ortho intramolecular Hbond substituents is 1. The van der Waals surface area contributed by atoms with Gasteiger partial charge in [-0.3, -0.25) is 4.90 Å². The maximum atomic E-state index is 11.2. The molecule has 0 saturated carbocycles. The quantitative estimate of drug-likeness (QED) is 0.603.